The normalized spacial score (nSPS) is 24.7. The van der Waals surface area contributed by atoms with Crippen molar-refractivity contribution in [2.24, 2.45) is 5.92 Å². The second kappa shape index (κ2) is 6.95. The standard InChI is InChI=1S/C16H22ClNO/c1-12(11-17)16(19)18-15-9-7-14(8-10-15)13-5-3-2-4-6-13/h2-6,12,14-15H,7-11H2,1H3,(H,18,19). The van der Waals surface area contributed by atoms with Crippen LogP contribution in [-0.4, -0.2) is 17.8 Å². The molecule has 2 nitrogen and oxygen atoms in total. The van der Waals surface area contributed by atoms with Crippen LogP contribution >= 0.6 is 11.6 Å². The minimum atomic E-state index is -0.0893. The Bertz CT molecular complexity index is 398. The molecule has 1 aromatic carbocycles. The summed E-state index contributed by atoms with van der Waals surface area (Å²) in [6.45, 7) is 1.87. The monoisotopic (exact) mass is 279 g/mol. The average Bonchev–Trinajstić information content (AvgIpc) is 2.48. The van der Waals surface area contributed by atoms with E-state index in [0.717, 1.165) is 25.7 Å². The molecule has 19 heavy (non-hydrogen) atoms. The summed E-state index contributed by atoms with van der Waals surface area (Å²) in [5, 5.41) is 3.12. The first kappa shape index (κ1) is 14.4. The summed E-state index contributed by atoms with van der Waals surface area (Å²) in [4.78, 5) is 11.8. The highest BCUT2D eigenvalue weighted by molar-refractivity contribution is 6.19. The number of halogens is 1. The fourth-order valence-electron chi connectivity index (χ4n) is 2.71. The maximum Gasteiger partial charge on any atom is 0.224 e. The van der Waals surface area contributed by atoms with Crippen molar-refractivity contribution in [2.75, 3.05) is 5.88 Å². The summed E-state index contributed by atoms with van der Waals surface area (Å²) in [6, 6.07) is 11.0. The molecule has 1 N–H and O–H groups in total. The number of alkyl halides is 1. The van der Waals surface area contributed by atoms with Crippen LogP contribution in [-0.2, 0) is 4.79 Å². The second-order valence-electron chi connectivity index (χ2n) is 5.52. The molecule has 104 valence electrons. The topological polar surface area (TPSA) is 29.1 Å². The van der Waals surface area contributed by atoms with Gasteiger partial charge in [0.2, 0.25) is 5.91 Å². The van der Waals surface area contributed by atoms with Gasteiger partial charge in [0.05, 0.1) is 0 Å². The van der Waals surface area contributed by atoms with Gasteiger partial charge in [-0.1, -0.05) is 37.3 Å². The van der Waals surface area contributed by atoms with E-state index in [-0.39, 0.29) is 11.8 Å². The zero-order chi connectivity index (χ0) is 13.7. The van der Waals surface area contributed by atoms with E-state index < -0.39 is 0 Å². The summed E-state index contributed by atoms with van der Waals surface area (Å²) in [7, 11) is 0. The molecule has 0 heterocycles. The molecule has 1 atom stereocenters. The van der Waals surface area contributed by atoms with Crippen LogP contribution in [0.15, 0.2) is 30.3 Å². The molecular formula is C16H22ClNO. The molecular weight excluding hydrogens is 258 g/mol. The van der Waals surface area contributed by atoms with Gasteiger partial charge >= 0.3 is 0 Å². The highest BCUT2D eigenvalue weighted by atomic mass is 35.5. The fourth-order valence-corrected chi connectivity index (χ4v) is 2.85. The number of nitrogens with one attached hydrogen (secondary N) is 1. The van der Waals surface area contributed by atoms with Crippen LogP contribution < -0.4 is 5.32 Å². The molecule has 1 aromatic rings. The predicted octanol–water partition coefficient (Wildman–Crippen LogP) is 3.70. The van der Waals surface area contributed by atoms with Crippen LogP contribution in [0.5, 0.6) is 0 Å². The molecule has 3 heteroatoms. The Balaban J connectivity index is 1.81. The van der Waals surface area contributed by atoms with Crippen molar-refractivity contribution >= 4 is 17.5 Å². The molecule has 1 amide bonds. The Hall–Kier alpha value is -1.02. The molecule has 0 saturated heterocycles. The van der Waals surface area contributed by atoms with Crippen molar-refractivity contribution in [1.29, 1.82) is 0 Å². The molecule has 1 fully saturated rings. The third-order valence-electron chi connectivity index (χ3n) is 4.02. The lowest BCUT2D eigenvalue weighted by Crippen LogP contribution is -2.40. The summed E-state index contributed by atoms with van der Waals surface area (Å²) >= 11 is 5.71. The van der Waals surface area contributed by atoms with Gasteiger partial charge in [0.15, 0.2) is 0 Å². The Morgan fingerprint density at radius 1 is 1.26 bits per heavy atom. The van der Waals surface area contributed by atoms with Gasteiger partial charge in [-0.3, -0.25) is 4.79 Å². The fraction of sp³-hybridized carbons (Fsp3) is 0.562. The quantitative estimate of drug-likeness (QED) is 0.837. The lowest BCUT2D eigenvalue weighted by Gasteiger charge is -2.30. The molecule has 0 aliphatic heterocycles. The van der Waals surface area contributed by atoms with Gasteiger partial charge < -0.3 is 5.32 Å². The van der Waals surface area contributed by atoms with Crippen molar-refractivity contribution in [2.45, 2.75) is 44.6 Å². The second-order valence-corrected chi connectivity index (χ2v) is 5.83. The van der Waals surface area contributed by atoms with Crippen molar-refractivity contribution in [3.63, 3.8) is 0 Å². The smallest absolute Gasteiger partial charge is 0.224 e. The van der Waals surface area contributed by atoms with E-state index in [0.29, 0.717) is 17.8 Å². The van der Waals surface area contributed by atoms with Gasteiger partial charge in [0.25, 0.3) is 0 Å². The van der Waals surface area contributed by atoms with Gasteiger partial charge in [-0.2, -0.15) is 0 Å². The summed E-state index contributed by atoms with van der Waals surface area (Å²) in [5.41, 5.74) is 1.43. The summed E-state index contributed by atoms with van der Waals surface area (Å²) in [6.07, 6.45) is 4.45. The maximum atomic E-state index is 11.8. The Kier molecular flexibility index (Phi) is 5.26. The molecule has 2 rings (SSSR count). The largest absolute Gasteiger partial charge is 0.353 e. The van der Waals surface area contributed by atoms with E-state index >= 15 is 0 Å². The van der Waals surface area contributed by atoms with E-state index in [4.69, 9.17) is 11.6 Å². The first-order valence-electron chi connectivity index (χ1n) is 7.12. The van der Waals surface area contributed by atoms with E-state index in [1.54, 1.807) is 0 Å². The maximum absolute atomic E-state index is 11.8. The number of benzene rings is 1. The molecule has 1 unspecified atom stereocenters. The lowest BCUT2D eigenvalue weighted by molar-refractivity contribution is -0.124. The van der Waals surface area contributed by atoms with Gasteiger partial charge in [0, 0.05) is 17.8 Å². The van der Waals surface area contributed by atoms with Crippen LogP contribution in [0, 0.1) is 5.92 Å². The van der Waals surface area contributed by atoms with Crippen LogP contribution in [0.3, 0.4) is 0 Å². The van der Waals surface area contributed by atoms with Crippen molar-refractivity contribution in [1.82, 2.24) is 5.32 Å². The SMILES string of the molecule is CC(CCl)C(=O)NC1CCC(c2ccccc2)CC1. The predicted molar refractivity (Wildman–Crippen MR) is 79.5 cm³/mol. The van der Waals surface area contributed by atoms with Crippen LogP contribution in [0.1, 0.15) is 44.1 Å². The third-order valence-corrected chi connectivity index (χ3v) is 4.49. The summed E-state index contributed by atoms with van der Waals surface area (Å²) < 4.78 is 0. The average molecular weight is 280 g/mol. The number of hydrogen-bond acceptors (Lipinski definition) is 1. The lowest BCUT2D eigenvalue weighted by atomic mass is 9.81. The molecule has 1 aliphatic carbocycles. The van der Waals surface area contributed by atoms with Gasteiger partial charge in [-0.25, -0.2) is 0 Å². The minimum Gasteiger partial charge on any atom is -0.353 e. The van der Waals surface area contributed by atoms with Crippen LogP contribution in [0.25, 0.3) is 0 Å². The first-order valence-corrected chi connectivity index (χ1v) is 7.65. The minimum absolute atomic E-state index is 0.0893. The van der Waals surface area contributed by atoms with E-state index in [9.17, 15) is 4.79 Å². The Labute approximate surface area is 120 Å². The highest BCUT2D eigenvalue weighted by Crippen LogP contribution is 2.32. The molecule has 1 saturated carbocycles. The summed E-state index contributed by atoms with van der Waals surface area (Å²) in [5.74, 6) is 1.05. The van der Waals surface area contributed by atoms with Crippen LogP contribution in [0.4, 0.5) is 0 Å². The van der Waals surface area contributed by atoms with Crippen molar-refractivity contribution < 1.29 is 4.79 Å². The molecule has 0 radical (unpaired) electrons. The van der Waals surface area contributed by atoms with Crippen molar-refractivity contribution in [3.05, 3.63) is 35.9 Å². The zero-order valence-electron chi connectivity index (χ0n) is 11.4. The first-order chi connectivity index (χ1) is 9.20. The highest BCUT2D eigenvalue weighted by Gasteiger charge is 2.24. The van der Waals surface area contributed by atoms with Crippen molar-refractivity contribution in [3.8, 4) is 0 Å². The molecule has 0 spiro atoms. The third kappa shape index (κ3) is 3.97. The van der Waals surface area contributed by atoms with Gasteiger partial charge in [0.1, 0.15) is 0 Å². The number of rotatable bonds is 4. The van der Waals surface area contributed by atoms with Gasteiger partial charge in [-0.05, 0) is 37.2 Å². The Morgan fingerprint density at radius 3 is 2.47 bits per heavy atom. The molecule has 0 bridgehead atoms. The number of amides is 1. The zero-order valence-corrected chi connectivity index (χ0v) is 12.2. The molecule has 0 aromatic heterocycles. The van der Waals surface area contributed by atoms with E-state index in [1.807, 2.05) is 6.92 Å². The Morgan fingerprint density at radius 2 is 1.89 bits per heavy atom. The number of carbonyl (C=O) groups excluding carboxylic acids is 1. The van der Waals surface area contributed by atoms with E-state index in [2.05, 4.69) is 35.6 Å². The number of carbonyl (C=O) groups is 1. The van der Waals surface area contributed by atoms with E-state index in [1.165, 1.54) is 5.56 Å². The van der Waals surface area contributed by atoms with Crippen LogP contribution in [0.2, 0.25) is 0 Å². The number of hydrogen-bond donors (Lipinski definition) is 1. The van der Waals surface area contributed by atoms with Gasteiger partial charge in [-0.15, -0.1) is 11.6 Å². The molecule has 1 aliphatic rings.